The molecule has 4 nitrogen and oxygen atoms in total. The van der Waals surface area contributed by atoms with Gasteiger partial charge in [0.25, 0.3) is 0 Å². The van der Waals surface area contributed by atoms with Crippen LogP contribution in [0.5, 0.6) is 5.75 Å². The molecule has 2 atom stereocenters. The minimum Gasteiger partial charge on any atom is -0.490 e. The van der Waals surface area contributed by atoms with E-state index in [0.717, 1.165) is 49.5 Å². The Kier molecular flexibility index (Phi) is 3.85. The summed E-state index contributed by atoms with van der Waals surface area (Å²) in [7, 11) is 0. The fourth-order valence-corrected chi connectivity index (χ4v) is 3.19. The highest BCUT2D eigenvalue weighted by Crippen LogP contribution is 2.36. The molecule has 1 fully saturated rings. The van der Waals surface area contributed by atoms with Crippen molar-refractivity contribution in [1.82, 2.24) is 5.32 Å². The lowest BCUT2D eigenvalue weighted by atomic mass is 9.99. The van der Waals surface area contributed by atoms with Gasteiger partial charge >= 0.3 is 0 Å². The van der Waals surface area contributed by atoms with E-state index in [4.69, 9.17) is 4.74 Å². The molecule has 2 unspecified atom stereocenters. The van der Waals surface area contributed by atoms with Crippen LogP contribution in [0.2, 0.25) is 0 Å². The Bertz CT molecular complexity index is 470. The van der Waals surface area contributed by atoms with E-state index in [1.54, 1.807) is 0 Å². The smallest absolute Gasteiger partial charge is 0.142 e. The summed E-state index contributed by atoms with van der Waals surface area (Å²) in [5.41, 5.74) is 2.10. The number of hydrogen-bond acceptors (Lipinski definition) is 4. The summed E-state index contributed by atoms with van der Waals surface area (Å²) in [6.07, 6.45) is 1.76. The van der Waals surface area contributed by atoms with Gasteiger partial charge in [0, 0.05) is 12.1 Å². The summed E-state index contributed by atoms with van der Waals surface area (Å²) >= 11 is 0. The monoisotopic (exact) mass is 276 g/mol. The maximum absolute atomic E-state index is 10.5. The van der Waals surface area contributed by atoms with Gasteiger partial charge in [-0.25, -0.2) is 0 Å². The highest BCUT2D eigenvalue weighted by Gasteiger charge is 2.26. The molecule has 1 aromatic rings. The molecular formula is C16H24N2O2. The Morgan fingerprint density at radius 2 is 2.25 bits per heavy atom. The molecule has 0 spiro atoms. The average Bonchev–Trinajstić information content (AvgIpc) is 2.99. The van der Waals surface area contributed by atoms with Crippen LogP contribution in [-0.4, -0.2) is 36.9 Å². The summed E-state index contributed by atoms with van der Waals surface area (Å²) in [4.78, 5) is 2.34. The molecule has 0 amide bonds. The predicted octanol–water partition coefficient (Wildman–Crippen LogP) is 2.08. The Balaban J connectivity index is 1.88. The van der Waals surface area contributed by atoms with Gasteiger partial charge in [0.2, 0.25) is 0 Å². The Hall–Kier alpha value is -1.26. The van der Waals surface area contributed by atoms with Crippen molar-refractivity contribution in [3.63, 3.8) is 0 Å². The quantitative estimate of drug-likeness (QED) is 0.887. The van der Waals surface area contributed by atoms with Crippen LogP contribution in [0.25, 0.3) is 0 Å². The fraction of sp³-hybridized carbons (Fsp3) is 0.625. The molecule has 110 valence electrons. The van der Waals surface area contributed by atoms with Crippen LogP contribution in [0.1, 0.15) is 38.4 Å². The number of nitrogens with one attached hydrogen (secondary N) is 1. The van der Waals surface area contributed by atoms with Crippen LogP contribution in [0, 0.1) is 0 Å². The van der Waals surface area contributed by atoms with Gasteiger partial charge in [-0.3, -0.25) is 0 Å². The van der Waals surface area contributed by atoms with Gasteiger partial charge < -0.3 is 20.1 Å². The first-order chi connectivity index (χ1) is 9.66. The van der Waals surface area contributed by atoms with Gasteiger partial charge in [0.1, 0.15) is 12.4 Å². The molecule has 3 rings (SSSR count). The second-order valence-electron chi connectivity index (χ2n) is 6.01. The Labute approximate surface area is 120 Å². The number of benzene rings is 1. The van der Waals surface area contributed by atoms with Crippen LogP contribution in [-0.2, 0) is 0 Å². The van der Waals surface area contributed by atoms with Crippen molar-refractivity contribution in [2.75, 3.05) is 24.6 Å². The van der Waals surface area contributed by atoms with E-state index in [9.17, 15) is 5.11 Å². The average molecular weight is 276 g/mol. The van der Waals surface area contributed by atoms with E-state index in [1.165, 1.54) is 0 Å². The highest BCUT2D eigenvalue weighted by atomic mass is 16.5. The summed E-state index contributed by atoms with van der Waals surface area (Å²) in [5, 5.41) is 13.9. The van der Waals surface area contributed by atoms with Crippen LogP contribution in [0.3, 0.4) is 0 Å². The molecule has 1 saturated heterocycles. The first-order valence-electron chi connectivity index (χ1n) is 7.61. The van der Waals surface area contributed by atoms with Crippen LogP contribution >= 0.6 is 0 Å². The first-order valence-corrected chi connectivity index (χ1v) is 7.61. The molecule has 4 heteroatoms. The number of nitrogens with zero attached hydrogens (tertiary/aromatic N) is 1. The molecule has 2 aliphatic heterocycles. The van der Waals surface area contributed by atoms with Gasteiger partial charge in [0.05, 0.1) is 18.3 Å². The molecule has 0 aromatic heterocycles. The van der Waals surface area contributed by atoms with E-state index in [1.807, 2.05) is 12.1 Å². The minimum atomic E-state index is -0.432. The van der Waals surface area contributed by atoms with E-state index in [2.05, 4.69) is 30.1 Å². The van der Waals surface area contributed by atoms with Crippen LogP contribution in [0.4, 0.5) is 5.69 Å². The Morgan fingerprint density at radius 1 is 1.40 bits per heavy atom. The zero-order valence-corrected chi connectivity index (χ0v) is 12.3. The van der Waals surface area contributed by atoms with Gasteiger partial charge in [-0.05, 0) is 50.9 Å². The first kappa shape index (κ1) is 13.7. The second-order valence-corrected chi connectivity index (χ2v) is 6.01. The lowest BCUT2D eigenvalue weighted by molar-refractivity contribution is 0.137. The summed E-state index contributed by atoms with van der Waals surface area (Å²) in [6.45, 7) is 7.03. The van der Waals surface area contributed by atoms with Crippen molar-refractivity contribution in [3.8, 4) is 5.75 Å². The molecular weight excluding hydrogens is 252 g/mol. The zero-order valence-electron chi connectivity index (χ0n) is 12.3. The van der Waals surface area contributed by atoms with Crippen molar-refractivity contribution < 1.29 is 9.84 Å². The number of fused-ring (bicyclic) bond motifs is 1. The molecule has 2 aliphatic rings. The van der Waals surface area contributed by atoms with Crippen molar-refractivity contribution in [3.05, 3.63) is 23.8 Å². The highest BCUT2D eigenvalue weighted by molar-refractivity contribution is 5.62. The largest absolute Gasteiger partial charge is 0.490 e. The van der Waals surface area contributed by atoms with E-state index in [0.29, 0.717) is 6.04 Å². The Morgan fingerprint density at radius 3 is 2.95 bits per heavy atom. The molecule has 20 heavy (non-hydrogen) atoms. The zero-order chi connectivity index (χ0) is 14.1. The number of aliphatic hydroxyl groups excluding tert-OH is 1. The number of hydrogen-bond donors (Lipinski definition) is 2. The van der Waals surface area contributed by atoms with Crippen LogP contribution < -0.4 is 15.0 Å². The summed E-state index contributed by atoms with van der Waals surface area (Å²) in [6, 6.07) is 6.71. The maximum atomic E-state index is 10.5. The number of aliphatic hydroxyl groups is 1. The van der Waals surface area contributed by atoms with Gasteiger partial charge in [-0.1, -0.05) is 6.07 Å². The lowest BCUT2D eigenvalue weighted by Gasteiger charge is -2.35. The predicted molar refractivity (Wildman–Crippen MR) is 80.4 cm³/mol. The fourth-order valence-electron chi connectivity index (χ4n) is 3.19. The van der Waals surface area contributed by atoms with Crippen molar-refractivity contribution >= 4 is 5.69 Å². The van der Waals surface area contributed by atoms with Gasteiger partial charge in [-0.15, -0.1) is 0 Å². The van der Waals surface area contributed by atoms with Gasteiger partial charge in [-0.2, -0.15) is 0 Å². The minimum absolute atomic E-state index is 0.185. The normalized spacial score (nSPS) is 23.6. The summed E-state index contributed by atoms with van der Waals surface area (Å²) in [5.74, 6) is 0.931. The van der Waals surface area contributed by atoms with E-state index >= 15 is 0 Å². The molecule has 2 heterocycles. The topological polar surface area (TPSA) is 44.7 Å². The molecule has 1 aromatic carbocycles. The third-order valence-electron chi connectivity index (χ3n) is 4.33. The number of anilines is 1. The maximum Gasteiger partial charge on any atom is 0.142 e. The lowest BCUT2D eigenvalue weighted by Crippen LogP contribution is -2.38. The second kappa shape index (κ2) is 5.62. The standard InChI is InChI=1S/C16H24N2O2/c1-11(2)18-8-9-20-15-6-5-12(10-14(15)18)16(19)13-4-3-7-17-13/h5-6,10-11,13,16-17,19H,3-4,7-9H2,1-2H3. The molecule has 0 radical (unpaired) electrons. The van der Waals surface area contributed by atoms with E-state index in [-0.39, 0.29) is 6.04 Å². The molecule has 2 N–H and O–H groups in total. The van der Waals surface area contributed by atoms with E-state index < -0.39 is 6.10 Å². The van der Waals surface area contributed by atoms with Crippen molar-refractivity contribution in [2.45, 2.75) is 44.9 Å². The SMILES string of the molecule is CC(C)N1CCOc2ccc(C(O)C3CCCN3)cc21. The van der Waals surface area contributed by atoms with Crippen molar-refractivity contribution in [1.29, 1.82) is 0 Å². The van der Waals surface area contributed by atoms with Crippen molar-refractivity contribution in [2.24, 2.45) is 0 Å². The third kappa shape index (κ3) is 2.50. The molecule has 0 bridgehead atoms. The third-order valence-corrected chi connectivity index (χ3v) is 4.33. The molecule has 0 saturated carbocycles. The molecule has 0 aliphatic carbocycles. The number of ether oxygens (including phenoxy) is 1. The van der Waals surface area contributed by atoms with Crippen LogP contribution in [0.15, 0.2) is 18.2 Å². The van der Waals surface area contributed by atoms with Gasteiger partial charge in [0.15, 0.2) is 0 Å². The summed E-state index contributed by atoms with van der Waals surface area (Å²) < 4.78 is 5.73. The number of rotatable bonds is 3.